The van der Waals surface area contributed by atoms with Crippen LogP contribution in [0, 0.1) is 0 Å². The van der Waals surface area contributed by atoms with E-state index in [1.54, 1.807) is 0 Å². The van der Waals surface area contributed by atoms with Gasteiger partial charge in [0.2, 0.25) is 0 Å². The number of hydrogen-bond donors (Lipinski definition) is 3. The second-order valence-corrected chi connectivity index (χ2v) is 4.62. The summed E-state index contributed by atoms with van der Waals surface area (Å²) < 4.78 is 0. The molecule has 0 aliphatic carbocycles. The van der Waals surface area contributed by atoms with Gasteiger partial charge in [0.1, 0.15) is 0 Å². The van der Waals surface area contributed by atoms with Crippen LogP contribution in [0.4, 0.5) is 0 Å². The van der Waals surface area contributed by atoms with Gasteiger partial charge in [-0.1, -0.05) is 25.7 Å². The van der Waals surface area contributed by atoms with Crippen molar-refractivity contribution in [3.63, 3.8) is 0 Å². The van der Waals surface area contributed by atoms with Gasteiger partial charge in [-0.25, -0.2) is 0 Å². The Kier molecular flexibility index (Phi) is 11.3. The van der Waals surface area contributed by atoms with Crippen molar-refractivity contribution in [3.8, 4) is 0 Å². The highest BCUT2D eigenvalue weighted by Gasteiger charge is 2.00. The Morgan fingerprint density at radius 1 is 0.923 bits per heavy atom. The second kappa shape index (κ2) is 10.7. The lowest BCUT2D eigenvalue weighted by atomic mass is 10.1. The largest absolute Gasteiger partial charge is 0.396 e. The van der Waals surface area contributed by atoms with Crippen molar-refractivity contribution in [2.45, 2.75) is 50.2 Å². The Balaban J connectivity index is 2.97. The predicted octanol–water partition coefficient (Wildman–Crippen LogP) is 2.94. The zero-order valence-electron chi connectivity index (χ0n) is 8.28. The van der Waals surface area contributed by atoms with Gasteiger partial charge in [0, 0.05) is 11.9 Å². The lowest BCUT2D eigenvalue weighted by Crippen LogP contribution is -2.01. The van der Waals surface area contributed by atoms with Gasteiger partial charge in [0.25, 0.3) is 0 Å². The predicted molar refractivity (Wildman–Crippen MR) is 66.0 cm³/mol. The molecule has 0 spiro atoms. The molecule has 1 unspecified atom stereocenters. The molecule has 3 heteroatoms. The van der Waals surface area contributed by atoms with Crippen molar-refractivity contribution >= 4 is 25.3 Å². The summed E-state index contributed by atoms with van der Waals surface area (Å²) in [5.41, 5.74) is 0. The Labute approximate surface area is 93.1 Å². The van der Waals surface area contributed by atoms with E-state index in [2.05, 4.69) is 25.3 Å². The standard InChI is InChI=1S/C10H22OS2/c11-8-7-10(13)6-4-2-1-3-5-9-12/h10-13H,1-9H2. The fourth-order valence-electron chi connectivity index (χ4n) is 1.32. The van der Waals surface area contributed by atoms with Gasteiger partial charge < -0.3 is 5.11 Å². The molecule has 0 amide bonds. The molecule has 0 rings (SSSR count). The highest BCUT2D eigenvalue weighted by atomic mass is 32.1. The summed E-state index contributed by atoms with van der Waals surface area (Å²) in [5, 5.41) is 9.05. The number of rotatable bonds is 9. The van der Waals surface area contributed by atoms with Gasteiger partial charge in [-0.2, -0.15) is 25.3 Å². The number of hydrogen-bond acceptors (Lipinski definition) is 3. The van der Waals surface area contributed by atoms with E-state index < -0.39 is 0 Å². The van der Waals surface area contributed by atoms with Crippen LogP contribution in [0.1, 0.15) is 44.9 Å². The highest BCUT2D eigenvalue weighted by Crippen LogP contribution is 2.13. The highest BCUT2D eigenvalue weighted by molar-refractivity contribution is 7.81. The van der Waals surface area contributed by atoms with Gasteiger partial charge in [-0.3, -0.25) is 0 Å². The van der Waals surface area contributed by atoms with Gasteiger partial charge in [0.05, 0.1) is 0 Å². The second-order valence-electron chi connectivity index (χ2n) is 3.45. The summed E-state index contributed by atoms with van der Waals surface area (Å²) in [6.07, 6.45) is 8.40. The maximum absolute atomic E-state index is 8.65. The third kappa shape index (κ3) is 10.6. The Bertz CT molecular complexity index is 98.9. The van der Waals surface area contributed by atoms with Crippen molar-refractivity contribution in [2.24, 2.45) is 0 Å². The van der Waals surface area contributed by atoms with Crippen LogP contribution in [-0.2, 0) is 0 Å². The molecule has 1 atom stereocenters. The minimum atomic E-state index is 0.272. The topological polar surface area (TPSA) is 20.2 Å². The molecule has 0 aliphatic rings. The molecule has 80 valence electrons. The molecule has 0 bridgehead atoms. The average molecular weight is 222 g/mol. The minimum absolute atomic E-state index is 0.272. The molecule has 0 aliphatic heterocycles. The molecule has 0 saturated heterocycles. The van der Waals surface area contributed by atoms with Gasteiger partial charge in [-0.05, 0) is 25.0 Å². The molecule has 0 radical (unpaired) electrons. The van der Waals surface area contributed by atoms with E-state index in [9.17, 15) is 0 Å². The van der Waals surface area contributed by atoms with E-state index in [0.29, 0.717) is 5.25 Å². The first kappa shape index (κ1) is 13.7. The maximum Gasteiger partial charge on any atom is 0.0441 e. The van der Waals surface area contributed by atoms with E-state index in [1.165, 1.54) is 32.1 Å². The summed E-state index contributed by atoms with van der Waals surface area (Å²) >= 11 is 8.55. The average Bonchev–Trinajstić information content (AvgIpc) is 2.11. The summed E-state index contributed by atoms with van der Waals surface area (Å²) in [7, 11) is 0. The van der Waals surface area contributed by atoms with Crippen LogP contribution in [0.15, 0.2) is 0 Å². The van der Waals surface area contributed by atoms with Crippen molar-refractivity contribution in [1.82, 2.24) is 0 Å². The molecule has 13 heavy (non-hydrogen) atoms. The third-order valence-corrected chi connectivity index (χ3v) is 2.99. The van der Waals surface area contributed by atoms with Crippen molar-refractivity contribution in [1.29, 1.82) is 0 Å². The summed E-state index contributed by atoms with van der Waals surface area (Å²) in [6, 6.07) is 0. The zero-order valence-corrected chi connectivity index (χ0v) is 10.1. The van der Waals surface area contributed by atoms with E-state index in [-0.39, 0.29) is 6.61 Å². The number of thiol groups is 2. The SMILES string of the molecule is OCCC(S)CCCCCCCS. The fraction of sp³-hybridized carbons (Fsp3) is 1.00. The smallest absolute Gasteiger partial charge is 0.0441 e. The molecular weight excluding hydrogens is 200 g/mol. The molecule has 0 aromatic carbocycles. The lowest BCUT2D eigenvalue weighted by molar-refractivity contribution is 0.285. The quantitative estimate of drug-likeness (QED) is 0.405. The van der Waals surface area contributed by atoms with Crippen LogP contribution in [0.25, 0.3) is 0 Å². The summed E-state index contributed by atoms with van der Waals surface area (Å²) in [5.74, 6) is 1.01. The van der Waals surface area contributed by atoms with Crippen molar-refractivity contribution < 1.29 is 5.11 Å². The molecule has 1 nitrogen and oxygen atoms in total. The third-order valence-electron chi connectivity index (χ3n) is 2.16. The summed E-state index contributed by atoms with van der Waals surface area (Å²) in [6.45, 7) is 0.272. The van der Waals surface area contributed by atoms with E-state index in [0.717, 1.165) is 18.6 Å². The number of aliphatic hydroxyl groups is 1. The first-order chi connectivity index (χ1) is 6.31. The van der Waals surface area contributed by atoms with Crippen LogP contribution in [0.3, 0.4) is 0 Å². The van der Waals surface area contributed by atoms with Crippen LogP contribution in [-0.4, -0.2) is 22.7 Å². The van der Waals surface area contributed by atoms with E-state index in [1.807, 2.05) is 0 Å². The molecule has 1 N–H and O–H groups in total. The van der Waals surface area contributed by atoms with Crippen LogP contribution in [0.5, 0.6) is 0 Å². The molecule has 0 saturated carbocycles. The van der Waals surface area contributed by atoms with Crippen LogP contribution < -0.4 is 0 Å². The lowest BCUT2D eigenvalue weighted by Gasteiger charge is -2.07. The number of aliphatic hydroxyl groups excluding tert-OH is 1. The molecule has 0 aromatic rings. The summed E-state index contributed by atoms with van der Waals surface area (Å²) in [4.78, 5) is 0. The molecular formula is C10H22OS2. The molecule has 0 aromatic heterocycles. The van der Waals surface area contributed by atoms with Gasteiger partial charge >= 0.3 is 0 Å². The first-order valence-electron chi connectivity index (χ1n) is 5.21. The van der Waals surface area contributed by atoms with Crippen LogP contribution >= 0.6 is 25.3 Å². The Morgan fingerprint density at radius 3 is 2.15 bits per heavy atom. The Morgan fingerprint density at radius 2 is 1.54 bits per heavy atom. The van der Waals surface area contributed by atoms with Gasteiger partial charge in [-0.15, -0.1) is 0 Å². The fourth-order valence-corrected chi connectivity index (χ4v) is 1.84. The minimum Gasteiger partial charge on any atom is -0.396 e. The normalized spacial score (nSPS) is 13.2. The van der Waals surface area contributed by atoms with E-state index in [4.69, 9.17) is 5.11 Å². The Hall–Kier alpha value is 0.660. The zero-order chi connectivity index (χ0) is 9.94. The van der Waals surface area contributed by atoms with E-state index >= 15 is 0 Å². The van der Waals surface area contributed by atoms with Crippen molar-refractivity contribution in [3.05, 3.63) is 0 Å². The number of unbranched alkanes of at least 4 members (excludes halogenated alkanes) is 4. The maximum atomic E-state index is 8.65. The van der Waals surface area contributed by atoms with Gasteiger partial charge in [0.15, 0.2) is 0 Å². The monoisotopic (exact) mass is 222 g/mol. The molecule has 0 heterocycles. The van der Waals surface area contributed by atoms with Crippen LogP contribution in [0.2, 0.25) is 0 Å². The molecule has 0 fully saturated rings. The first-order valence-corrected chi connectivity index (χ1v) is 6.36. The van der Waals surface area contributed by atoms with Crippen molar-refractivity contribution in [2.75, 3.05) is 12.4 Å².